The molecule has 12 heavy (non-hydrogen) atoms. The van der Waals surface area contributed by atoms with Gasteiger partial charge in [-0.1, -0.05) is 31.9 Å². The molecule has 0 fully saturated rings. The van der Waals surface area contributed by atoms with E-state index in [0.29, 0.717) is 10.0 Å². The van der Waals surface area contributed by atoms with E-state index in [2.05, 4.69) is 31.9 Å². The zero-order chi connectivity index (χ0) is 9.14. The molecule has 0 aromatic heterocycles. The van der Waals surface area contributed by atoms with Gasteiger partial charge in [-0.25, -0.2) is 0 Å². The van der Waals surface area contributed by atoms with Gasteiger partial charge in [0, 0.05) is 10.0 Å². The molecule has 2 nitrogen and oxygen atoms in total. The molecular weight excluding hydrogens is 288 g/mol. The van der Waals surface area contributed by atoms with Gasteiger partial charge in [-0.05, 0) is 18.2 Å². The summed E-state index contributed by atoms with van der Waals surface area (Å²) in [5, 5.41) is 9.41. The average Bonchev–Trinajstić information content (AvgIpc) is 2.01. The van der Waals surface area contributed by atoms with Crippen LogP contribution in [0.4, 0.5) is 0 Å². The third-order valence-electron chi connectivity index (χ3n) is 1.33. The molecule has 4 heteroatoms. The van der Waals surface area contributed by atoms with Crippen LogP contribution in [0.5, 0.6) is 5.75 Å². The maximum Gasteiger partial charge on any atom is 0.173 e. The zero-order valence-corrected chi connectivity index (χ0v) is 9.22. The first-order chi connectivity index (χ1) is 5.63. The number of benzene rings is 1. The number of hydrogen-bond donors (Lipinski definition) is 1. The highest BCUT2D eigenvalue weighted by Crippen LogP contribution is 2.20. The molecule has 0 amide bonds. The maximum absolute atomic E-state index is 11.1. The van der Waals surface area contributed by atoms with Gasteiger partial charge in [0.25, 0.3) is 0 Å². The Morgan fingerprint density at radius 3 is 2.58 bits per heavy atom. The molecule has 1 aromatic rings. The Labute approximate surface area is 86.9 Å². The summed E-state index contributed by atoms with van der Waals surface area (Å²) >= 11 is 6.24. The second-order valence-electron chi connectivity index (χ2n) is 2.25. The van der Waals surface area contributed by atoms with E-state index in [1.807, 2.05) is 0 Å². The Hall–Kier alpha value is -0.350. The summed E-state index contributed by atoms with van der Waals surface area (Å²) in [4.78, 5) is 11.1. The zero-order valence-electron chi connectivity index (χ0n) is 6.05. The van der Waals surface area contributed by atoms with E-state index in [1.165, 1.54) is 12.1 Å². The Bertz CT molecular complexity index is 290. The van der Waals surface area contributed by atoms with Crippen molar-refractivity contribution in [2.75, 3.05) is 5.33 Å². The van der Waals surface area contributed by atoms with Gasteiger partial charge in [0.05, 0.1) is 5.33 Å². The molecule has 1 N–H and O–H groups in total. The van der Waals surface area contributed by atoms with Crippen molar-refractivity contribution in [3.63, 3.8) is 0 Å². The minimum Gasteiger partial charge on any atom is -0.508 e. The van der Waals surface area contributed by atoms with Gasteiger partial charge in [-0.3, -0.25) is 4.79 Å². The van der Waals surface area contributed by atoms with Gasteiger partial charge in [0.1, 0.15) is 5.75 Å². The monoisotopic (exact) mass is 292 g/mol. The molecule has 0 aliphatic rings. The van der Waals surface area contributed by atoms with Crippen molar-refractivity contribution >= 4 is 37.6 Å². The van der Waals surface area contributed by atoms with Crippen LogP contribution < -0.4 is 0 Å². The minimum atomic E-state index is -0.0494. The van der Waals surface area contributed by atoms with Crippen LogP contribution in [0.25, 0.3) is 0 Å². The fraction of sp³-hybridized carbons (Fsp3) is 0.125. The molecule has 0 aliphatic heterocycles. The van der Waals surface area contributed by atoms with Crippen molar-refractivity contribution < 1.29 is 9.90 Å². The Morgan fingerprint density at radius 2 is 2.08 bits per heavy atom. The molecule has 64 valence electrons. The summed E-state index contributed by atoms with van der Waals surface area (Å²) in [6.45, 7) is 0. The van der Waals surface area contributed by atoms with E-state index in [1.54, 1.807) is 6.07 Å². The summed E-state index contributed by atoms with van der Waals surface area (Å²) in [5.74, 6) is 0.0419. The molecule has 0 bridgehead atoms. The number of Topliss-reactive ketones (excluding diaryl/α,β-unsaturated/α-hetero) is 1. The fourth-order valence-corrected chi connectivity index (χ4v) is 1.62. The Balaban J connectivity index is 3.08. The number of hydrogen-bond acceptors (Lipinski definition) is 2. The molecule has 0 spiro atoms. The quantitative estimate of drug-likeness (QED) is 0.672. The van der Waals surface area contributed by atoms with Crippen LogP contribution in [-0.4, -0.2) is 16.2 Å². The predicted octanol–water partition coefficient (Wildman–Crippen LogP) is 2.73. The fourth-order valence-electron chi connectivity index (χ4n) is 0.812. The van der Waals surface area contributed by atoms with Crippen LogP contribution in [-0.2, 0) is 0 Å². The second-order valence-corrected chi connectivity index (χ2v) is 3.73. The van der Waals surface area contributed by atoms with Crippen LogP contribution >= 0.6 is 31.9 Å². The van der Waals surface area contributed by atoms with Gasteiger partial charge in [-0.15, -0.1) is 0 Å². The number of carbonyl (C=O) groups is 1. The van der Waals surface area contributed by atoms with Crippen molar-refractivity contribution in [2.45, 2.75) is 0 Å². The normalized spacial score (nSPS) is 9.83. The molecule has 0 aliphatic carbocycles. The first kappa shape index (κ1) is 9.74. The molecule has 0 saturated heterocycles. The number of carbonyl (C=O) groups excluding carboxylic acids is 1. The van der Waals surface area contributed by atoms with E-state index < -0.39 is 0 Å². The number of ketones is 1. The third kappa shape index (κ3) is 2.32. The molecule has 0 saturated carbocycles. The van der Waals surface area contributed by atoms with Crippen molar-refractivity contribution in [3.8, 4) is 5.75 Å². The smallest absolute Gasteiger partial charge is 0.173 e. The lowest BCUT2D eigenvalue weighted by Gasteiger charge is -1.99. The molecule has 1 aromatic carbocycles. The summed E-state index contributed by atoms with van der Waals surface area (Å²) < 4.78 is 0.701. The highest BCUT2D eigenvalue weighted by molar-refractivity contribution is 9.10. The summed E-state index contributed by atoms with van der Waals surface area (Å²) in [6.07, 6.45) is 0. The number of phenolic OH excluding ortho intramolecular Hbond substituents is 1. The molecule has 0 unspecified atom stereocenters. The number of aromatic hydroxyl groups is 1. The predicted molar refractivity (Wildman–Crippen MR) is 53.9 cm³/mol. The Morgan fingerprint density at radius 1 is 1.42 bits per heavy atom. The van der Waals surface area contributed by atoms with E-state index in [-0.39, 0.29) is 16.9 Å². The van der Waals surface area contributed by atoms with Crippen LogP contribution in [0.2, 0.25) is 0 Å². The van der Waals surface area contributed by atoms with Crippen molar-refractivity contribution in [3.05, 3.63) is 28.2 Å². The Kier molecular flexibility index (Phi) is 3.29. The first-order valence-corrected chi connectivity index (χ1v) is 5.13. The van der Waals surface area contributed by atoms with Gasteiger partial charge >= 0.3 is 0 Å². The van der Waals surface area contributed by atoms with Crippen LogP contribution in [0, 0.1) is 0 Å². The number of rotatable bonds is 2. The summed E-state index contributed by atoms with van der Waals surface area (Å²) in [6, 6.07) is 4.64. The second kappa shape index (κ2) is 4.05. The minimum absolute atomic E-state index is 0.0494. The van der Waals surface area contributed by atoms with Gasteiger partial charge < -0.3 is 5.11 Å². The van der Waals surface area contributed by atoms with Crippen LogP contribution in [0.3, 0.4) is 0 Å². The topological polar surface area (TPSA) is 37.3 Å². The van der Waals surface area contributed by atoms with E-state index in [9.17, 15) is 4.79 Å². The highest BCUT2D eigenvalue weighted by atomic mass is 79.9. The molecule has 0 radical (unpaired) electrons. The summed E-state index contributed by atoms with van der Waals surface area (Å²) in [7, 11) is 0. The van der Waals surface area contributed by atoms with Crippen molar-refractivity contribution in [1.29, 1.82) is 0 Å². The lowest BCUT2D eigenvalue weighted by Crippen LogP contribution is -1.99. The third-order valence-corrected chi connectivity index (χ3v) is 2.29. The molecular formula is C8H6Br2O2. The number of phenols is 1. The van der Waals surface area contributed by atoms with Crippen molar-refractivity contribution in [1.82, 2.24) is 0 Å². The van der Waals surface area contributed by atoms with Crippen LogP contribution in [0.15, 0.2) is 22.7 Å². The van der Waals surface area contributed by atoms with E-state index in [4.69, 9.17) is 5.11 Å². The standard InChI is InChI=1S/C8H6Br2O2/c9-4-8(12)5-1-6(10)3-7(11)2-5/h1-3,11H,4H2. The van der Waals surface area contributed by atoms with Crippen molar-refractivity contribution in [2.24, 2.45) is 0 Å². The summed E-state index contributed by atoms with van der Waals surface area (Å²) in [5.41, 5.74) is 0.499. The van der Waals surface area contributed by atoms with Crippen LogP contribution in [0.1, 0.15) is 10.4 Å². The average molecular weight is 294 g/mol. The molecule has 1 rings (SSSR count). The van der Waals surface area contributed by atoms with E-state index in [0.717, 1.165) is 0 Å². The number of alkyl halides is 1. The molecule has 0 heterocycles. The van der Waals surface area contributed by atoms with Gasteiger partial charge in [0.2, 0.25) is 0 Å². The van der Waals surface area contributed by atoms with Gasteiger partial charge in [-0.2, -0.15) is 0 Å². The van der Waals surface area contributed by atoms with E-state index >= 15 is 0 Å². The lowest BCUT2D eigenvalue weighted by molar-refractivity contribution is 0.102. The number of halogens is 2. The van der Waals surface area contributed by atoms with Gasteiger partial charge in [0.15, 0.2) is 5.78 Å². The maximum atomic E-state index is 11.1. The lowest BCUT2D eigenvalue weighted by atomic mass is 10.1. The SMILES string of the molecule is O=C(CBr)c1cc(O)cc(Br)c1. The first-order valence-electron chi connectivity index (χ1n) is 3.22. The molecule has 0 atom stereocenters. The largest absolute Gasteiger partial charge is 0.508 e. The highest BCUT2D eigenvalue weighted by Gasteiger charge is 2.05.